The zero-order valence-electron chi connectivity index (χ0n) is 13.7. The molecule has 0 unspecified atom stereocenters. The molecule has 0 aliphatic heterocycles. The van der Waals surface area contributed by atoms with E-state index in [1.165, 1.54) is 30.3 Å². The highest BCUT2D eigenvalue weighted by Crippen LogP contribution is 2.48. The number of aryl methyl sites for hydroxylation is 1. The summed E-state index contributed by atoms with van der Waals surface area (Å²) in [7, 11) is 0. The lowest BCUT2D eigenvalue weighted by Crippen LogP contribution is -2.22. The average Bonchev–Trinajstić information content (AvgIpc) is 2.61. The van der Waals surface area contributed by atoms with Gasteiger partial charge >= 0.3 is 0 Å². The van der Waals surface area contributed by atoms with Crippen LogP contribution in [0.25, 0.3) is 10.8 Å². The quantitative estimate of drug-likeness (QED) is 0.392. The molecule has 0 bridgehead atoms. The summed E-state index contributed by atoms with van der Waals surface area (Å²) < 4.78 is 0. The lowest BCUT2D eigenvalue weighted by atomic mass is 9.80. The summed E-state index contributed by atoms with van der Waals surface area (Å²) in [6.45, 7) is 1.84. The van der Waals surface area contributed by atoms with Crippen LogP contribution in [0.5, 0.6) is 23.0 Å². The number of aromatic hydroxyl groups is 4. The number of fused-ring (bicyclic) bond motifs is 3. The van der Waals surface area contributed by atoms with E-state index in [0.717, 1.165) is 0 Å². The Balaban J connectivity index is 2.16. The Morgan fingerprint density at radius 1 is 0.808 bits per heavy atom. The predicted octanol–water partition coefficient (Wildman–Crippen LogP) is 3.00. The van der Waals surface area contributed by atoms with Gasteiger partial charge in [-0.1, -0.05) is 19.1 Å². The van der Waals surface area contributed by atoms with Crippen LogP contribution in [-0.4, -0.2) is 32.0 Å². The van der Waals surface area contributed by atoms with Gasteiger partial charge in [0.1, 0.15) is 23.0 Å². The Kier molecular flexibility index (Phi) is 3.21. The predicted molar refractivity (Wildman–Crippen MR) is 93.3 cm³/mol. The fourth-order valence-corrected chi connectivity index (χ4v) is 3.49. The van der Waals surface area contributed by atoms with Gasteiger partial charge < -0.3 is 20.4 Å². The van der Waals surface area contributed by atoms with Crippen molar-refractivity contribution in [3.63, 3.8) is 0 Å². The molecular formula is C20H14O6. The molecule has 0 fully saturated rings. The van der Waals surface area contributed by atoms with Crippen molar-refractivity contribution >= 4 is 22.3 Å². The summed E-state index contributed by atoms with van der Waals surface area (Å²) in [5, 5.41) is 41.4. The summed E-state index contributed by atoms with van der Waals surface area (Å²) in [5.74, 6) is -3.25. The summed E-state index contributed by atoms with van der Waals surface area (Å²) >= 11 is 0. The zero-order chi connectivity index (χ0) is 18.7. The molecule has 1 aliphatic rings. The number of carbonyl (C=O) groups is 2. The van der Waals surface area contributed by atoms with E-state index < -0.39 is 28.6 Å². The number of hydrogen-bond acceptors (Lipinski definition) is 6. The summed E-state index contributed by atoms with van der Waals surface area (Å²) in [4.78, 5) is 25.9. The highest BCUT2D eigenvalue weighted by atomic mass is 16.3. The van der Waals surface area contributed by atoms with Crippen LogP contribution in [0.15, 0.2) is 30.3 Å². The minimum absolute atomic E-state index is 0.0199. The lowest BCUT2D eigenvalue weighted by molar-refractivity contribution is 0.0972. The monoisotopic (exact) mass is 350 g/mol. The number of phenolic OH excluding ortho intramolecular Hbond substituents is 4. The van der Waals surface area contributed by atoms with Crippen molar-refractivity contribution < 1.29 is 30.0 Å². The van der Waals surface area contributed by atoms with Crippen molar-refractivity contribution in [2.45, 2.75) is 13.3 Å². The van der Waals surface area contributed by atoms with Gasteiger partial charge in [0.2, 0.25) is 5.78 Å². The summed E-state index contributed by atoms with van der Waals surface area (Å²) in [6, 6.07) is 7.07. The summed E-state index contributed by atoms with van der Waals surface area (Å²) in [5.41, 5.74) is -0.329. The van der Waals surface area contributed by atoms with Crippen LogP contribution in [0.3, 0.4) is 0 Å². The number of ketones is 2. The molecule has 6 nitrogen and oxygen atoms in total. The number of carbonyl (C=O) groups excluding carboxylic acids is 2. The minimum atomic E-state index is -0.785. The van der Waals surface area contributed by atoms with Crippen LogP contribution in [0.1, 0.15) is 44.3 Å². The van der Waals surface area contributed by atoms with Crippen molar-refractivity contribution in [2.75, 3.05) is 0 Å². The summed E-state index contributed by atoms with van der Waals surface area (Å²) in [6.07, 6.45) is 0.540. The number of phenols is 4. The first-order chi connectivity index (χ1) is 12.4. The molecule has 0 spiro atoms. The van der Waals surface area contributed by atoms with Crippen molar-refractivity contribution in [1.29, 1.82) is 0 Å². The molecule has 0 saturated heterocycles. The minimum Gasteiger partial charge on any atom is -0.507 e. The Hall–Kier alpha value is -3.54. The molecule has 0 atom stereocenters. The van der Waals surface area contributed by atoms with E-state index >= 15 is 0 Å². The fourth-order valence-electron chi connectivity index (χ4n) is 3.49. The molecule has 26 heavy (non-hydrogen) atoms. The van der Waals surface area contributed by atoms with Crippen LogP contribution in [-0.2, 0) is 6.42 Å². The van der Waals surface area contributed by atoms with Gasteiger partial charge in [-0.25, -0.2) is 0 Å². The van der Waals surface area contributed by atoms with Gasteiger partial charge in [-0.05, 0) is 30.2 Å². The zero-order valence-corrected chi connectivity index (χ0v) is 13.7. The second-order valence-corrected chi connectivity index (χ2v) is 6.20. The van der Waals surface area contributed by atoms with Crippen LogP contribution >= 0.6 is 0 Å². The topological polar surface area (TPSA) is 115 Å². The van der Waals surface area contributed by atoms with E-state index in [9.17, 15) is 30.0 Å². The third-order valence-corrected chi connectivity index (χ3v) is 4.77. The molecule has 0 amide bonds. The molecule has 4 rings (SSSR count). The molecular weight excluding hydrogens is 336 g/mol. The molecule has 0 saturated carbocycles. The number of rotatable bonds is 1. The highest BCUT2D eigenvalue weighted by Gasteiger charge is 2.38. The van der Waals surface area contributed by atoms with E-state index in [0.29, 0.717) is 12.0 Å². The van der Waals surface area contributed by atoms with Crippen LogP contribution in [0.2, 0.25) is 0 Å². The van der Waals surface area contributed by atoms with Crippen molar-refractivity contribution in [1.82, 2.24) is 0 Å². The van der Waals surface area contributed by atoms with Crippen LogP contribution < -0.4 is 0 Å². The molecule has 4 N–H and O–H groups in total. The van der Waals surface area contributed by atoms with E-state index in [2.05, 4.69) is 0 Å². The molecule has 3 aromatic rings. The van der Waals surface area contributed by atoms with Gasteiger partial charge in [0.15, 0.2) is 5.78 Å². The molecule has 6 heteroatoms. The second-order valence-electron chi connectivity index (χ2n) is 6.20. The van der Waals surface area contributed by atoms with Crippen LogP contribution in [0.4, 0.5) is 0 Å². The van der Waals surface area contributed by atoms with E-state index in [-0.39, 0.29) is 39.0 Å². The number of hydrogen-bond donors (Lipinski definition) is 4. The Labute approximate surface area is 147 Å². The average molecular weight is 350 g/mol. The normalized spacial score (nSPS) is 13.0. The molecule has 130 valence electrons. The van der Waals surface area contributed by atoms with Gasteiger partial charge in [-0.15, -0.1) is 0 Å². The Morgan fingerprint density at radius 2 is 1.50 bits per heavy atom. The standard InChI is InChI=1S/C20H14O6/c1-2-8-6-10-14(12(22)7-8)20(26)16-15(18(10)24)17(23)9-4-3-5-11(21)13(9)19(16)25/h3-7,21-23,25H,2H2,1H3. The van der Waals surface area contributed by atoms with Gasteiger partial charge in [-0.3, -0.25) is 9.59 Å². The second kappa shape index (κ2) is 5.23. The van der Waals surface area contributed by atoms with Crippen molar-refractivity contribution in [2.24, 2.45) is 0 Å². The van der Waals surface area contributed by atoms with E-state index in [1.807, 2.05) is 6.92 Å². The van der Waals surface area contributed by atoms with Crippen LogP contribution in [0, 0.1) is 0 Å². The third kappa shape index (κ3) is 1.86. The fraction of sp³-hybridized carbons (Fsp3) is 0.100. The van der Waals surface area contributed by atoms with E-state index in [4.69, 9.17) is 0 Å². The van der Waals surface area contributed by atoms with Gasteiger partial charge in [0.25, 0.3) is 0 Å². The Bertz CT molecular complexity index is 1140. The molecule has 1 aliphatic carbocycles. The molecule has 0 aromatic heterocycles. The first kappa shape index (κ1) is 16.0. The molecule has 3 aromatic carbocycles. The highest BCUT2D eigenvalue weighted by molar-refractivity contribution is 6.33. The lowest BCUT2D eigenvalue weighted by Gasteiger charge is -2.22. The van der Waals surface area contributed by atoms with Gasteiger partial charge in [-0.2, -0.15) is 0 Å². The SMILES string of the molecule is CCc1cc(O)c2c(c1)C(=O)c1c(c(O)c3c(O)cccc3c1O)C2=O. The maximum Gasteiger partial charge on any atom is 0.202 e. The van der Waals surface area contributed by atoms with Gasteiger partial charge in [0, 0.05) is 10.9 Å². The smallest absolute Gasteiger partial charge is 0.202 e. The first-order valence-electron chi connectivity index (χ1n) is 8.01. The van der Waals surface area contributed by atoms with Crippen molar-refractivity contribution in [3.05, 3.63) is 58.1 Å². The number of benzene rings is 3. The van der Waals surface area contributed by atoms with E-state index in [1.54, 1.807) is 0 Å². The molecule has 0 heterocycles. The largest absolute Gasteiger partial charge is 0.507 e. The van der Waals surface area contributed by atoms with Gasteiger partial charge in [0.05, 0.1) is 22.1 Å². The first-order valence-corrected chi connectivity index (χ1v) is 8.01. The Morgan fingerprint density at radius 3 is 2.19 bits per heavy atom. The van der Waals surface area contributed by atoms with Crippen molar-refractivity contribution in [3.8, 4) is 23.0 Å². The third-order valence-electron chi connectivity index (χ3n) is 4.77. The maximum absolute atomic E-state index is 13.0. The maximum atomic E-state index is 13.0. The molecule has 0 radical (unpaired) electrons.